The summed E-state index contributed by atoms with van der Waals surface area (Å²) < 4.78 is 15.1. The molecule has 2 nitrogen and oxygen atoms in total. The van der Waals surface area contributed by atoms with E-state index in [-0.39, 0.29) is 11.5 Å². The fourth-order valence-electron chi connectivity index (χ4n) is 0.779. The van der Waals surface area contributed by atoms with Crippen molar-refractivity contribution in [2.45, 2.75) is 26.3 Å². The van der Waals surface area contributed by atoms with Gasteiger partial charge in [-0.25, -0.2) is 4.98 Å². The van der Waals surface area contributed by atoms with E-state index in [1.807, 2.05) is 43.4 Å². The van der Waals surface area contributed by atoms with Crippen LogP contribution >= 0.6 is 22.6 Å². The predicted octanol–water partition coefficient (Wildman–Crippen LogP) is 2.38. The maximum atomic E-state index is 13.2. The lowest BCUT2D eigenvalue weighted by atomic mass is 10.1. The monoisotopic (exact) mass is 268 g/mol. The summed E-state index contributed by atoms with van der Waals surface area (Å²) in [5.41, 5.74) is -0.222. The lowest BCUT2D eigenvalue weighted by Gasteiger charge is -2.20. The molecule has 0 fully saturated rings. The van der Waals surface area contributed by atoms with Crippen molar-refractivity contribution in [3.05, 3.63) is 16.0 Å². The molecule has 4 heteroatoms. The molecule has 0 aliphatic rings. The van der Waals surface area contributed by atoms with Crippen LogP contribution in [0.2, 0.25) is 0 Å². The van der Waals surface area contributed by atoms with Gasteiger partial charge in [0.2, 0.25) is 5.95 Å². The van der Waals surface area contributed by atoms with Crippen LogP contribution in [0.4, 0.5) is 4.39 Å². The molecule has 0 radical (unpaired) electrons. The lowest BCUT2D eigenvalue weighted by Crippen LogP contribution is -2.22. The highest BCUT2D eigenvalue weighted by atomic mass is 127. The first-order chi connectivity index (χ1) is 4.93. The molecule has 0 spiro atoms. The molecule has 1 aromatic rings. The van der Waals surface area contributed by atoms with Gasteiger partial charge in [-0.05, 0) is 43.4 Å². The van der Waals surface area contributed by atoms with Crippen molar-refractivity contribution in [2.75, 3.05) is 0 Å². The Morgan fingerprint density at radius 2 is 2.09 bits per heavy atom. The molecule has 0 amide bonds. The van der Waals surface area contributed by atoms with E-state index in [0.717, 1.165) is 0 Å². The van der Waals surface area contributed by atoms with Crippen molar-refractivity contribution in [2.24, 2.45) is 0 Å². The third kappa shape index (κ3) is 1.72. The minimum Gasteiger partial charge on any atom is -0.301 e. The van der Waals surface area contributed by atoms with Gasteiger partial charge in [0.25, 0.3) is 0 Å². The second-order valence-corrected chi connectivity index (χ2v) is 4.39. The molecule has 1 heterocycles. The number of hydrogen-bond donors (Lipinski definition) is 0. The van der Waals surface area contributed by atoms with Gasteiger partial charge in [0, 0.05) is 5.54 Å². The molecule has 0 saturated heterocycles. The molecule has 0 N–H and O–H groups in total. The van der Waals surface area contributed by atoms with Crippen LogP contribution in [0.5, 0.6) is 0 Å². The summed E-state index contributed by atoms with van der Waals surface area (Å²) in [6, 6.07) is 0. The van der Waals surface area contributed by atoms with Gasteiger partial charge in [-0.3, -0.25) is 0 Å². The Bertz CT molecular complexity index is 262. The van der Waals surface area contributed by atoms with Crippen molar-refractivity contribution in [1.29, 1.82) is 0 Å². The molecular weight excluding hydrogens is 258 g/mol. The Morgan fingerprint density at radius 1 is 1.55 bits per heavy atom. The standard InChI is InChI=1S/C7H10FIN2/c1-7(2,3)11-4-10-6(9)5(11)8/h4H,1-3H3. The first-order valence-corrected chi connectivity index (χ1v) is 4.39. The van der Waals surface area contributed by atoms with E-state index in [0.29, 0.717) is 3.70 Å². The summed E-state index contributed by atoms with van der Waals surface area (Å²) in [4.78, 5) is 3.86. The minimum absolute atomic E-state index is 0.222. The summed E-state index contributed by atoms with van der Waals surface area (Å²) >= 11 is 1.88. The molecule has 0 aromatic carbocycles. The summed E-state index contributed by atoms with van der Waals surface area (Å²) in [7, 11) is 0. The van der Waals surface area contributed by atoms with Crippen LogP contribution in [0.3, 0.4) is 0 Å². The Kier molecular flexibility index (Phi) is 2.22. The van der Waals surface area contributed by atoms with Crippen molar-refractivity contribution in [3.8, 4) is 0 Å². The van der Waals surface area contributed by atoms with Crippen LogP contribution in [0.15, 0.2) is 6.33 Å². The third-order valence-corrected chi connectivity index (χ3v) is 2.11. The van der Waals surface area contributed by atoms with Gasteiger partial charge in [-0.15, -0.1) is 0 Å². The number of hydrogen-bond acceptors (Lipinski definition) is 1. The zero-order valence-electron chi connectivity index (χ0n) is 6.73. The van der Waals surface area contributed by atoms with Crippen LogP contribution in [0.25, 0.3) is 0 Å². The van der Waals surface area contributed by atoms with Crippen molar-refractivity contribution in [1.82, 2.24) is 9.55 Å². The van der Waals surface area contributed by atoms with E-state index in [1.165, 1.54) is 10.9 Å². The highest BCUT2D eigenvalue weighted by Gasteiger charge is 2.18. The summed E-state index contributed by atoms with van der Waals surface area (Å²) in [6.07, 6.45) is 1.52. The highest BCUT2D eigenvalue weighted by molar-refractivity contribution is 14.1. The number of imidazole rings is 1. The van der Waals surface area contributed by atoms with Crippen molar-refractivity contribution >= 4 is 22.6 Å². The Morgan fingerprint density at radius 3 is 2.27 bits per heavy atom. The molecule has 0 bridgehead atoms. The number of nitrogens with zero attached hydrogens (tertiary/aromatic N) is 2. The van der Waals surface area contributed by atoms with E-state index in [4.69, 9.17) is 0 Å². The molecule has 0 aliphatic heterocycles. The Labute approximate surface area is 79.0 Å². The highest BCUT2D eigenvalue weighted by Crippen LogP contribution is 2.18. The summed E-state index contributed by atoms with van der Waals surface area (Å²) in [5.74, 6) is -0.252. The van der Waals surface area contributed by atoms with Gasteiger partial charge in [0.05, 0.1) is 6.33 Å². The molecule has 1 aromatic heterocycles. The van der Waals surface area contributed by atoms with Crippen LogP contribution in [-0.2, 0) is 5.54 Å². The van der Waals surface area contributed by atoms with E-state index in [2.05, 4.69) is 4.98 Å². The maximum Gasteiger partial charge on any atom is 0.227 e. The topological polar surface area (TPSA) is 17.8 Å². The molecule has 0 aliphatic carbocycles. The fourth-order valence-corrected chi connectivity index (χ4v) is 1.16. The fraction of sp³-hybridized carbons (Fsp3) is 0.571. The van der Waals surface area contributed by atoms with Gasteiger partial charge in [0.15, 0.2) is 3.70 Å². The number of aromatic nitrogens is 2. The van der Waals surface area contributed by atoms with Crippen molar-refractivity contribution < 1.29 is 4.39 Å². The molecule has 11 heavy (non-hydrogen) atoms. The molecule has 0 atom stereocenters. The number of rotatable bonds is 0. The maximum absolute atomic E-state index is 13.2. The van der Waals surface area contributed by atoms with E-state index in [1.54, 1.807) is 0 Å². The van der Waals surface area contributed by atoms with Gasteiger partial charge in [-0.1, -0.05) is 0 Å². The second kappa shape index (κ2) is 2.73. The molecular formula is C7H10FIN2. The zero-order chi connectivity index (χ0) is 8.65. The van der Waals surface area contributed by atoms with Crippen molar-refractivity contribution in [3.63, 3.8) is 0 Å². The van der Waals surface area contributed by atoms with Crippen LogP contribution < -0.4 is 0 Å². The van der Waals surface area contributed by atoms with Gasteiger partial charge in [0.1, 0.15) is 0 Å². The average Bonchev–Trinajstić information content (AvgIpc) is 2.11. The zero-order valence-corrected chi connectivity index (χ0v) is 8.89. The van der Waals surface area contributed by atoms with E-state index in [9.17, 15) is 4.39 Å². The molecule has 0 saturated carbocycles. The second-order valence-electron chi connectivity index (χ2n) is 3.37. The first-order valence-electron chi connectivity index (χ1n) is 3.32. The largest absolute Gasteiger partial charge is 0.301 e. The smallest absolute Gasteiger partial charge is 0.227 e. The van der Waals surface area contributed by atoms with Gasteiger partial charge < -0.3 is 4.57 Å². The quantitative estimate of drug-likeness (QED) is 0.660. The average molecular weight is 268 g/mol. The third-order valence-electron chi connectivity index (χ3n) is 1.39. The molecule has 0 unspecified atom stereocenters. The first kappa shape index (κ1) is 8.96. The van der Waals surface area contributed by atoms with Crippen LogP contribution in [0.1, 0.15) is 20.8 Å². The predicted molar refractivity (Wildman–Crippen MR) is 49.9 cm³/mol. The van der Waals surface area contributed by atoms with Gasteiger partial charge >= 0.3 is 0 Å². The van der Waals surface area contributed by atoms with E-state index < -0.39 is 0 Å². The Balaban J connectivity index is 3.15. The summed E-state index contributed by atoms with van der Waals surface area (Å²) in [6.45, 7) is 5.82. The molecule has 62 valence electrons. The normalized spacial score (nSPS) is 12.1. The number of halogens is 2. The van der Waals surface area contributed by atoms with Crippen LogP contribution in [0, 0.1) is 9.65 Å². The molecule has 1 rings (SSSR count). The SMILES string of the molecule is CC(C)(C)n1cnc(I)c1F. The summed E-state index contributed by atoms with van der Waals surface area (Å²) in [5, 5.41) is 0. The minimum atomic E-state index is -0.252. The van der Waals surface area contributed by atoms with Gasteiger partial charge in [-0.2, -0.15) is 4.39 Å². The lowest BCUT2D eigenvalue weighted by molar-refractivity contribution is 0.335. The van der Waals surface area contributed by atoms with E-state index >= 15 is 0 Å². The van der Waals surface area contributed by atoms with Crippen LogP contribution in [-0.4, -0.2) is 9.55 Å². The Hall–Kier alpha value is -0.130.